The predicted molar refractivity (Wildman–Crippen MR) is 77.3 cm³/mol. The van der Waals surface area contributed by atoms with Gasteiger partial charge in [-0.2, -0.15) is 0 Å². The molecule has 0 amide bonds. The number of hydrogen-bond donors (Lipinski definition) is 2. The number of aromatic nitrogens is 2. The number of nitrogens with one attached hydrogen (secondary N) is 2. The van der Waals surface area contributed by atoms with Crippen LogP contribution in [0.4, 0.5) is 0 Å². The summed E-state index contributed by atoms with van der Waals surface area (Å²) in [6, 6.07) is 8.01. The zero-order valence-corrected chi connectivity index (χ0v) is 11.7. The van der Waals surface area contributed by atoms with Crippen LogP contribution in [0.5, 0.6) is 0 Å². The van der Waals surface area contributed by atoms with E-state index in [1.54, 1.807) is 6.33 Å². The van der Waals surface area contributed by atoms with Gasteiger partial charge in [0.2, 0.25) is 0 Å². The minimum Gasteiger partial charge on any atom is -0.348 e. The number of nitrogens with zero attached hydrogens (tertiary/aromatic N) is 1. The van der Waals surface area contributed by atoms with Crippen molar-refractivity contribution in [2.45, 2.75) is 25.8 Å². The highest BCUT2D eigenvalue weighted by Crippen LogP contribution is 2.46. The second-order valence-electron chi connectivity index (χ2n) is 5.26. The molecule has 0 unspecified atom stereocenters. The fourth-order valence-electron chi connectivity index (χ4n) is 2.58. The molecule has 2 N–H and O–H groups in total. The molecule has 0 aliphatic heterocycles. The van der Waals surface area contributed by atoms with Crippen molar-refractivity contribution in [2.24, 2.45) is 5.92 Å². The van der Waals surface area contributed by atoms with Gasteiger partial charge in [-0.25, -0.2) is 4.98 Å². The molecule has 100 valence electrons. The summed E-state index contributed by atoms with van der Waals surface area (Å²) in [5.74, 6) is 1.41. The molecule has 1 aliphatic rings. The van der Waals surface area contributed by atoms with Crippen LogP contribution in [-0.2, 0) is 6.54 Å². The highest BCUT2D eigenvalue weighted by molar-refractivity contribution is 6.30. The lowest BCUT2D eigenvalue weighted by Crippen LogP contribution is -2.16. The first-order valence-corrected chi connectivity index (χ1v) is 7.07. The Hall–Kier alpha value is -1.32. The van der Waals surface area contributed by atoms with Crippen LogP contribution >= 0.6 is 11.6 Å². The summed E-state index contributed by atoms with van der Waals surface area (Å²) in [5, 5.41) is 4.31. The highest BCUT2D eigenvalue weighted by atomic mass is 35.5. The second-order valence-corrected chi connectivity index (χ2v) is 5.70. The van der Waals surface area contributed by atoms with Crippen LogP contribution in [-0.4, -0.2) is 16.5 Å². The standard InChI is InChI=1S/C15H18ClN3/c1-10-15(19-9-18-10)14-6-12(14)8-17-7-11-2-4-13(16)5-3-11/h2-5,9,12,14,17H,6-8H2,1H3,(H,18,19)/t12-,14+/m0/s1. The number of benzene rings is 1. The number of rotatable bonds is 5. The maximum Gasteiger partial charge on any atom is 0.0925 e. The number of hydrogen-bond acceptors (Lipinski definition) is 2. The summed E-state index contributed by atoms with van der Waals surface area (Å²) in [6.07, 6.45) is 3.05. The van der Waals surface area contributed by atoms with Crippen LogP contribution in [0.15, 0.2) is 30.6 Å². The fourth-order valence-corrected chi connectivity index (χ4v) is 2.70. The molecule has 1 fully saturated rings. The summed E-state index contributed by atoms with van der Waals surface area (Å²) >= 11 is 5.87. The van der Waals surface area contributed by atoms with E-state index in [9.17, 15) is 0 Å². The maximum atomic E-state index is 5.87. The maximum absolute atomic E-state index is 5.87. The SMILES string of the molecule is Cc1nc[nH]c1[C@@H]1C[C@H]1CNCc1ccc(Cl)cc1. The molecule has 0 bridgehead atoms. The van der Waals surface area contributed by atoms with Crippen molar-refractivity contribution in [1.29, 1.82) is 0 Å². The zero-order valence-electron chi connectivity index (χ0n) is 11.0. The van der Waals surface area contributed by atoms with Gasteiger partial charge in [0.15, 0.2) is 0 Å². The van der Waals surface area contributed by atoms with Crippen LogP contribution in [0.3, 0.4) is 0 Å². The minimum atomic E-state index is 0.667. The molecule has 2 atom stereocenters. The third-order valence-electron chi connectivity index (χ3n) is 3.81. The molecule has 1 aliphatic carbocycles. The summed E-state index contributed by atoms with van der Waals surface area (Å²) in [6.45, 7) is 4.04. The quantitative estimate of drug-likeness (QED) is 0.879. The molecule has 0 radical (unpaired) electrons. The Kier molecular flexibility index (Phi) is 3.58. The van der Waals surface area contributed by atoms with Crippen molar-refractivity contribution in [1.82, 2.24) is 15.3 Å². The number of H-pyrrole nitrogens is 1. The van der Waals surface area contributed by atoms with Crippen LogP contribution in [0.1, 0.15) is 29.3 Å². The van der Waals surface area contributed by atoms with Gasteiger partial charge in [-0.3, -0.25) is 0 Å². The molecule has 1 saturated carbocycles. The van der Waals surface area contributed by atoms with Crippen LogP contribution in [0.25, 0.3) is 0 Å². The summed E-state index contributed by atoms with van der Waals surface area (Å²) in [4.78, 5) is 7.52. The smallest absolute Gasteiger partial charge is 0.0925 e. The van der Waals surface area contributed by atoms with Crippen molar-refractivity contribution < 1.29 is 0 Å². The first kappa shape index (κ1) is 12.7. The van der Waals surface area contributed by atoms with E-state index in [0.717, 1.165) is 29.7 Å². The van der Waals surface area contributed by atoms with E-state index in [2.05, 4.69) is 34.3 Å². The van der Waals surface area contributed by atoms with Gasteiger partial charge in [0, 0.05) is 23.2 Å². The third-order valence-corrected chi connectivity index (χ3v) is 4.06. The number of aryl methyl sites for hydroxylation is 1. The Balaban J connectivity index is 1.45. The summed E-state index contributed by atoms with van der Waals surface area (Å²) in [5.41, 5.74) is 3.74. The summed E-state index contributed by atoms with van der Waals surface area (Å²) < 4.78 is 0. The Morgan fingerprint density at radius 1 is 1.37 bits per heavy atom. The molecule has 2 aromatic rings. The molecule has 19 heavy (non-hydrogen) atoms. The van der Waals surface area contributed by atoms with Crippen molar-refractivity contribution in [3.8, 4) is 0 Å². The molecule has 1 aromatic heterocycles. The van der Waals surface area contributed by atoms with E-state index in [0.29, 0.717) is 5.92 Å². The first-order chi connectivity index (χ1) is 9.24. The number of imidazole rings is 1. The molecule has 3 rings (SSSR count). The number of aromatic amines is 1. The lowest BCUT2D eigenvalue weighted by molar-refractivity contribution is 0.625. The lowest BCUT2D eigenvalue weighted by atomic mass is 10.2. The molecule has 0 saturated heterocycles. The molecular weight excluding hydrogens is 258 g/mol. The molecule has 1 aromatic carbocycles. The van der Waals surface area contributed by atoms with Crippen molar-refractivity contribution in [3.05, 3.63) is 52.6 Å². The Labute approximate surface area is 118 Å². The molecule has 1 heterocycles. The van der Waals surface area contributed by atoms with E-state index in [-0.39, 0.29) is 0 Å². The molecule has 4 heteroatoms. The van der Waals surface area contributed by atoms with E-state index < -0.39 is 0 Å². The van der Waals surface area contributed by atoms with Crippen LogP contribution in [0.2, 0.25) is 5.02 Å². The van der Waals surface area contributed by atoms with E-state index >= 15 is 0 Å². The monoisotopic (exact) mass is 275 g/mol. The van der Waals surface area contributed by atoms with Crippen molar-refractivity contribution >= 4 is 11.6 Å². The van der Waals surface area contributed by atoms with Gasteiger partial charge < -0.3 is 10.3 Å². The van der Waals surface area contributed by atoms with Gasteiger partial charge in [0.25, 0.3) is 0 Å². The van der Waals surface area contributed by atoms with E-state index in [4.69, 9.17) is 11.6 Å². The average molecular weight is 276 g/mol. The Bertz CT molecular complexity index is 547. The molecular formula is C15H18ClN3. The second kappa shape index (κ2) is 5.35. The van der Waals surface area contributed by atoms with Crippen LogP contribution < -0.4 is 5.32 Å². The predicted octanol–water partition coefficient (Wildman–Crippen LogP) is 3.26. The molecule has 0 spiro atoms. The number of halogens is 1. The van der Waals surface area contributed by atoms with Gasteiger partial charge in [0.05, 0.1) is 12.0 Å². The average Bonchev–Trinajstić information content (AvgIpc) is 3.04. The fraction of sp³-hybridized carbons (Fsp3) is 0.400. The zero-order chi connectivity index (χ0) is 13.2. The van der Waals surface area contributed by atoms with Gasteiger partial charge in [-0.1, -0.05) is 23.7 Å². The van der Waals surface area contributed by atoms with E-state index in [1.165, 1.54) is 17.7 Å². The van der Waals surface area contributed by atoms with Crippen molar-refractivity contribution in [2.75, 3.05) is 6.54 Å². The third kappa shape index (κ3) is 2.99. The minimum absolute atomic E-state index is 0.667. The van der Waals surface area contributed by atoms with Gasteiger partial charge in [-0.05, 0) is 43.5 Å². The lowest BCUT2D eigenvalue weighted by Gasteiger charge is -2.04. The normalized spacial score (nSPS) is 21.6. The first-order valence-electron chi connectivity index (χ1n) is 6.69. The van der Waals surface area contributed by atoms with Crippen LogP contribution in [0, 0.1) is 12.8 Å². The topological polar surface area (TPSA) is 40.7 Å². The van der Waals surface area contributed by atoms with Gasteiger partial charge in [-0.15, -0.1) is 0 Å². The van der Waals surface area contributed by atoms with Gasteiger partial charge in [0.1, 0.15) is 0 Å². The highest BCUT2D eigenvalue weighted by Gasteiger charge is 2.39. The molecule has 3 nitrogen and oxygen atoms in total. The summed E-state index contributed by atoms with van der Waals surface area (Å²) in [7, 11) is 0. The Morgan fingerprint density at radius 3 is 2.84 bits per heavy atom. The van der Waals surface area contributed by atoms with Gasteiger partial charge >= 0.3 is 0 Å². The largest absolute Gasteiger partial charge is 0.348 e. The Morgan fingerprint density at radius 2 is 2.16 bits per heavy atom. The van der Waals surface area contributed by atoms with E-state index in [1.807, 2.05) is 12.1 Å². The van der Waals surface area contributed by atoms with Crippen molar-refractivity contribution in [3.63, 3.8) is 0 Å².